The molecule has 6 rings (SSSR count). The highest BCUT2D eigenvalue weighted by molar-refractivity contribution is 6.91. The largest absolute Gasteiger partial charge is 0.497 e. The van der Waals surface area contributed by atoms with Crippen molar-refractivity contribution in [2.24, 2.45) is 5.92 Å². The van der Waals surface area contributed by atoms with E-state index in [9.17, 15) is 9.90 Å². The number of carbonyl (C=O) groups excluding carboxylic acids is 1. The van der Waals surface area contributed by atoms with Gasteiger partial charge in [0.2, 0.25) is 5.91 Å². The lowest BCUT2D eigenvalue weighted by atomic mass is 9.95. The summed E-state index contributed by atoms with van der Waals surface area (Å²) in [4.78, 5) is 13.9. The number of nitrogens with zero attached hydrogens (tertiary/aromatic N) is 4. The monoisotopic (exact) mass is 638 g/mol. The highest BCUT2D eigenvalue weighted by Gasteiger charge is 2.50. The van der Waals surface area contributed by atoms with Crippen LogP contribution in [0.15, 0.2) is 85.1 Å². The van der Waals surface area contributed by atoms with E-state index in [4.69, 9.17) is 9.47 Å². The zero-order valence-electron chi connectivity index (χ0n) is 27.4. The Kier molecular flexibility index (Phi) is 9.72. The molecule has 2 aliphatic rings. The predicted molar refractivity (Wildman–Crippen MR) is 183 cm³/mol. The zero-order chi connectivity index (χ0) is 32.3. The van der Waals surface area contributed by atoms with Crippen LogP contribution in [0, 0.1) is 5.92 Å². The molecule has 3 aromatic carbocycles. The molecule has 1 N–H and O–H groups in total. The number of aliphatic hydroxyl groups is 1. The maximum absolute atomic E-state index is 12.0. The van der Waals surface area contributed by atoms with E-state index in [1.165, 1.54) is 10.8 Å². The Morgan fingerprint density at radius 3 is 2.48 bits per heavy atom. The van der Waals surface area contributed by atoms with Crippen molar-refractivity contribution in [1.29, 1.82) is 0 Å². The fraction of sp³-hybridized carbons (Fsp3) is 0.432. The van der Waals surface area contributed by atoms with Gasteiger partial charge in [0.05, 0.1) is 45.6 Å². The maximum Gasteiger partial charge on any atom is 0.228 e. The van der Waals surface area contributed by atoms with Crippen molar-refractivity contribution in [2.75, 3.05) is 25.2 Å². The van der Waals surface area contributed by atoms with Crippen LogP contribution in [-0.2, 0) is 22.5 Å². The number of aliphatic hydroxyl groups excluding tert-OH is 1. The summed E-state index contributed by atoms with van der Waals surface area (Å²) in [6.07, 6.45) is 5.51. The summed E-state index contributed by atoms with van der Waals surface area (Å²) >= 11 is 0. The predicted octanol–water partition coefficient (Wildman–Crippen LogP) is 5.56. The molecular formula is C37H46N4O4Si. The average molecular weight is 639 g/mol. The van der Waals surface area contributed by atoms with Crippen molar-refractivity contribution < 1.29 is 19.4 Å². The van der Waals surface area contributed by atoms with Crippen LogP contribution in [0.4, 0.5) is 5.69 Å². The van der Waals surface area contributed by atoms with E-state index in [2.05, 4.69) is 72.8 Å². The van der Waals surface area contributed by atoms with E-state index in [-0.39, 0.29) is 30.6 Å². The molecular weight excluding hydrogens is 593 g/mol. The van der Waals surface area contributed by atoms with Crippen molar-refractivity contribution in [3.05, 3.63) is 102 Å². The van der Waals surface area contributed by atoms with E-state index in [0.29, 0.717) is 24.4 Å². The van der Waals surface area contributed by atoms with Gasteiger partial charge in [0.1, 0.15) is 5.75 Å². The number of ether oxygens (including phenoxy) is 2. The third kappa shape index (κ3) is 6.68. The van der Waals surface area contributed by atoms with Gasteiger partial charge in [0.25, 0.3) is 0 Å². The Bertz CT molecular complexity index is 1610. The van der Waals surface area contributed by atoms with Crippen molar-refractivity contribution in [3.8, 4) is 5.75 Å². The fourth-order valence-corrected chi connectivity index (χ4v) is 11.7. The molecule has 2 aliphatic heterocycles. The van der Waals surface area contributed by atoms with Crippen molar-refractivity contribution in [1.82, 2.24) is 15.0 Å². The van der Waals surface area contributed by atoms with Gasteiger partial charge in [0, 0.05) is 31.4 Å². The zero-order valence-corrected chi connectivity index (χ0v) is 28.4. The Morgan fingerprint density at radius 2 is 1.80 bits per heavy atom. The minimum atomic E-state index is -1.99. The molecule has 0 bridgehead atoms. The first-order valence-electron chi connectivity index (χ1n) is 16.5. The molecule has 5 atom stereocenters. The minimum Gasteiger partial charge on any atom is -0.497 e. The first-order chi connectivity index (χ1) is 22.3. The molecule has 0 spiro atoms. The van der Waals surface area contributed by atoms with E-state index in [1.807, 2.05) is 52.2 Å². The van der Waals surface area contributed by atoms with Crippen LogP contribution in [-0.4, -0.2) is 66.6 Å². The SMILES string of the molecule is COc1ccc([Si](C)(C)[C@@H]2[C@@H](C)[C@@H](CCc3cccc(N4CCC4=O)c3)O[C@H]2CCn2cc(C(CO)c3ccccc3)nn2)cc1. The normalized spacial score (nSPS) is 22.1. The van der Waals surface area contributed by atoms with Gasteiger partial charge in [-0.15, -0.1) is 5.10 Å². The number of aryl methyl sites for hydroxylation is 2. The molecule has 46 heavy (non-hydrogen) atoms. The van der Waals surface area contributed by atoms with Gasteiger partial charge in [0.15, 0.2) is 0 Å². The summed E-state index contributed by atoms with van der Waals surface area (Å²) in [6, 6.07) is 27.0. The Hall–Kier alpha value is -3.79. The van der Waals surface area contributed by atoms with E-state index in [1.54, 1.807) is 7.11 Å². The lowest BCUT2D eigenvalue weighted by Crippen LogP contribution is -2.50. The number of rotatable bonds is 13. The van der Waals surface area contributed by atoms with E-state index >= 15 is 0 Å². The second kappa shape index (κ2) is 13.9. The van der Waals surface area contributed by atoms with E-state index < -0.39 is 8.07 Å². The Labute approximate surface area is 273 Å². The summed E-state index contributed by atoms with van der Waals surface area (Å²) in [5, 5.41) is 20.5. The standard InChI is InChI=1S/C37H46N4O4Si/c1-26-34(18-13-27-9-8-12-29(23-27)41-22-20-36(41)43)45-35(37(26)46(3,4)31-16-14-30(44-2)15-17-31)19-21-40-24-33(38-39-40)32(25-42)28-10-6-5-7-11-28/h5-12,14-17,23-24,26,32,34-35,37,42H,13,18-22,25H2,1-4H3/t26-,32?,34+,35-,37+/m0/s1. The lowest BCUT2D eigenvalue weighted by Gasteiger charge is -2.36. The van der Waals surface area contributed by atoms with Crippen molar-refractivity contribution in [2.45, 2.75) is 75.9 Å². The van der Waals surface area contributed by atoms with Crippen LogP contribution < -0.4 is 14.8 Å². The minimum absolute atomic E-state index is 0.0192. The molecule has 2 fully saturated rings. The molecule has 1 unspecified atom stereocenters. The van der Waals surface area contributed by atoms with Gasteiger partial charge >= 0.3 is 0 Å². The van der Waals surface area contributed by atoms with Crippen LogP contribution in [0.5, 0.6) is 5.75 Å². The number of benzene rings is 3. The number of β-lactam (4-membered cyclic amide) rings is 1. The number of anilines is 1. The second-order valence-corrected chi connectivity index (χ2v) is 18.1. The van der Waals surface area contributed by atoms with Crippen molar-refractivity contribution in [3.63, 3.8) is 0 Å². The Morgan fingerprint density at radius 1 is 1.02 bits per heavy atom. The summed E-state index contributed by atoms with van der Waals surface area (Å²) in [7, 11) is -0.282. The lowest BCUT2D eigenvalue weighted by molar-refractivity contribution is -0.122. The molecule has 0 saturated carbocycles. The topological polar surface area (TPSA) is 89.7 Å². The highest BCUT2D eigenvalue weighted by atomic mass is 28.3. The van der Waals surface area contributed by atoms with Gasteiger partial charge in [-0.25, -0.2) is 0 Å². The average Bonchev–Trinajstić information content (AvgIpc) is 3.67. The number of hydrogen-bond acceptors (Lipinski definition) is 6. The smallest absolute Gasteiger partial charge is 0.228 e. The Balaban J connectivity index is 1.19. The summed E-state index contributed by atoms with van der Waals surface area (Å²) in [5.74, 6) is 1.26. The first-order valence-corrected chi connectivity index (χ1v) is 19.6. The van der Waals surface area contributed by atoms with Gasteiger partial charge < -0.3 is 19.5 Å². The molecule has 9 heteroatoms. The van der Waals surface area contributed by atoms with Crippen LogP contribution in [0.1, 0.15) is 48.9 Å². The number of carbonyl (C=O) groups is 1. The number of amides is 1. The molecule has 0 aliphatic carbocycles. The molecule has 3 heterocycles. The molecule has 8 nitrogen and oxygen atoms in total. The van der Waals surface area contributed by atoms with E-state index in [0.717, 1.165) is 48.5 Å². The van der Waals surface area contributed by atoms with Gasteiger partial charge in [-0.2, -0.15) is 0 Å². The summed E-state index contributed by atoms with van der Waals surface area (Å²) < 4.78 is 14.4. The maximum atomic E-state index is 12.0. The van der Waals surface area contributed by atoms with Crippen LogP contribution in [0.25, 0.3) is 0 Å². The molecule has 4 aromatic rings. The first kappa shape index (κ1) is 32.2. The third-order valence-corrected chi connectivity index (χ3v) is 14.7. The molecule has 1 aromatic heterocycles. The molecule has 242 valence electrons. The van der Waals surface area contributed by atoms with Gasteiger partial charge in [-0.3, -0.25) is 9.48 Å². The number of hydrogen-bond donors (Lipinski definition) is 1. The number of aromatic nitrogens is 3. The van der Waals surface area contributed by atoms with Crippen LogP contribution >= 0.6 is 0 Å². The van der Waals surface area contributed by atoms with Crippen molar-refractivity contribution >= 4 is 24.9 Å². The van der Waals surface area contributed by atoms with Gasteiger partial charge in [-0.05, 0) is 66.1 Å². The molecule has 1 amide bonds. The fourth-order valence-electron chi connectivity index (χ4n) is 7.59. The number of methoxy groups -OCH3 is 1. The van der Waals surface area contributed by atoms with Gasteiger partial charge in [-0.1, -0.05) is 85.0 Å². The highest BCUT2D eigenvalue weighted by Crippen LogP contribution is 2.46. The molecule has 0 radical (unpaired) electrons. The third-order valence-electron chi connectivity index (χ3n) is 10.3. The quantitative estimate of drug-likeness (QED) is 0.152. The molecule has 2 saturated heterocycles. The van der Waals surface area contributed by atoms with Crippen LogP contribution in [0.3, 0.4) is 0 Å². The second-order valence-electron chi connectivity index (χ2n) is 13.4. The summed E-state index contributed by atoms with van der Waals surface area (Å²) in [6.45, 7) is 8.80. The van der Waals surface area contributed by atoms with Crippen LogP contribution in [0.2, 0.25) is 18.6 Å². The summed E-state index contributed by atoms with van der Waals surface area (Å²) in [5.41, 5.74) is 4.46.